The number of hydrogen-bond donors (Lipinski definition) is 2. The molecule has 0 radical (unpaired) electrons. The maximum absolute atomic E-state index is 12.8. The van der Waals surface area contributed by atoms with Crippen LogP contribution in [0.3, 0.4) is 0 Å². The molecule has 1 aromatic carbocycles. The molecule has 0 saturated heterocycles. The summed E-state index contributed by atoms with van der Waals surface area (Å²) in [4.78, 5) is 0. The molecule has 0 aliphatic heterocycles. The zero-order chi connectivity index (χ0) is 14.9. The van der Waals surface area contributed by atoms with Gasteiger partial charge in [0.05, 0.1) is 5.56 Å². The molecule has 1 aliphatic rings. The predicted molar refractivity (Wildman–Crippen MR) is 73.8 cm³/mol. The van der Waals surface area contributed by atoms with Gasteiger partial charge in [0.25, 0.3) is 0 Å². The summed E-state index contributed by atoms with van der Waals surface area (Å²) in [6.45, 7) is 0. The lowest BCUT2D eigenvalue weighted by Gasteiger charge is -2.11. The molecular formula is C14H14ClF3N2. The monoisotopic (exact) mass is 302 g/mol. The molecular weight excluding hydrogens is 289 g/mol. The van der Waals surface area contributed by atoms with Crippen LogP contribution in [0.2, 0.25) is 5.02 Å². The van der Waals surface area contributed by atoms with Gasteiger partial charge in [-0.25, -0.2) is 0 Å². The van der Waals surface area contributed by atoms with Gasteiger partial charge in [-0.15, -0.1) is 0 Å². The fourth-order valence-electron chi connectivity index (χ4n) is 1.92. The van der Waals surface area contributed by atoms with Gasteiger partial charge in [-0.05, 0) is 48.4 Å². The van der Waals surface area contributed by atoms with Gasteiger partial charge in [0.2, 0.25) is 0 Å². The second-order valence-electron chi connectivity index (χ2n) is 4.74. The summed E-state index contributed by atoms with van der Waals surface area (Å²) in [7, 11) is 0. The SMILES string of the molecule is N/C=C\C(=C/C1CC1N)c1cc(C(F)(F)F)ccc1Cl. The number of allylic oxidation sites excluding steroid dienone is 2. The summed E-state index contributed by atoms with van der Waals surface area (Å²) in [6, 6.07) is 3.28. The maximum atomic E-state index is 12.8. The molecule has 108 valence electrons. The molecule has 0 bridgehead atoms. The van der Waals surface area contributed by atoms with Crippen molar-refractivity contribution in [3.8, 4) is 0 Å². The van der Waals surface area contributed by atoms with Crippen LogP contribution in [0.4, 0.5) is 13.2 Å². The molecule has 2 nitrogen and oxygen atoms in total. The highest BCUT2D eigenvalue weighted by molar-refractivity contribution is 6.32. The van der Waals surface area contributed by atoms with Crippen molar-refractivity contribution in [3.63, 3.8) is 0 Å². The van der Waals surface area contributed by atoms with Gasteiger partial charge in [0, 0.05) is 16.6 Å². The Labute approximate surface area is 119 Å². The molecule has 1 saturated carbocycles. The second kappa shape index (κ2) is 5.50. The number of alkyl halides is 3. The lowest BCUT2D eigenvalue weighted by Crippen LogP contribution is -2.05. The van der Waals surface area contributed by atoms with Crippen molar-refractivity contribution >= 4 is 17.2 Å². The zero-order valence-corrected chi connectivity index (χ0v) is 11.2. The topological polar surface area (TPSA) is 52.0 Å². The minimum atomic E-state index is -4.41. The number of nitrogens with two attached hydrogens (primary N) is 2. The van der Waals surface area contributed by atoms with Crippen LogP contribution in [-0.4, -0.2) is 6.04 Å². The Bertz CT molecular complexity index is 564. The average Bonchev–Trinajstić information content (AvgIpc) is 3.03. The normalized spacial score (nSPS) is 23.4. The Morgan fingerprint density at radius 3 is 2.50 bits per heavy atom. The Hall–Kier alpha value is -1.46. The Morgan fingerprint density at radius 2 is 2.00 bits per heavy atom. The number of benzene rings is 1. The number of rotatable bonds is 3. The van der Waals surface area contributed by atoms with E-state index in [-0.39, 0.29) is 17.0 Å². The van der Waals surface area contributed by atoms with Gasteiger partial charge in [0.1, 0.15) is 0 Å². The van der Waals surface area contributed by atoms with Crippen LogP contribution >= 0.6 is 11.6 Å². The first-order chi connectivity index (χ1) is 9.32. The van der Waals surface area contributed by atoms with Crippen molar-refractivity contribution in [2.24, 2.45) is 17.4 Å². The molecule has 6 heteroatoms. The van der Waals surface area contributed by atoms with Gasteiger partial charge in [-0.3, -0.25) is 0 Å². The van der Waals surface area contributed by atoms with Crippen molar-refractivity contribution < 1.29 is 13.2 Å². The highest BCUT2D eigenvalue weighted by Crippen LogP contribution is 2.37. The van der Waals surface area contributed by atoms with E-state index in [1.54, 1.807) is 0 Å². The molecule has 0 spiro atoms. The largest absolute Gasteiger partial charge is 0.416 e. The van der Waals surface area contributed by atoms with Crippen molar-refractivity contribution in [1.29, 1.82) is 0 Å². The molecule has 0 aromatic heterocycles. The van der Waals surface area contributed by atoms with E-state index in [4.69, 9.17) is 23.1 Å². The first-order valence-corrected chi connectivity index (χ1v) is 6.43. The van der Waals surface area contributed by atoms with Crippen molar-refractivity contribution in [1.82, 2.24) is 0 Å². The Kier molecular flexibility index (Phi) is 4.11. The number of halogens is 4. The molecule has 2 atom stereocenters. The van der Waals surface area contributed by atoms with E-state index < -0.39 is 11.7 Å². The minimum absolute atomic E-state index is 0.0562. The van der Waals surface area contributed by atoms with Crippen LogP contribution in [0.25, 0.3) is 5.57 Å². The van der Waals surface area contributed by atoms with E-state index >= 15 is 0 Å². The molecule has 2 unspecified atom stereocenters. The fourth-order valence-corrected chi connectivity index (χ4v) is 2.15. The first-order valence-electron chi connectivity index (χ1n) is 6.05. The summed E-state index contributed by atoms with van der Waals surface area (Å²) in [6.07, 6.45) is 1.03. The highest BCUT2D eigenvalue weighted by atomic mass is 35.5. The van der Waals surface area contributed by atoms with E-state index in [1.807, 2.05) is 6.08 Å². The molecule has 0 amide bonds. The lowest BCUT2D eigenvalue weighted by molar-refractivity contribution is -0.137. The van der Waals surface area contributed by atoms with Gasteiger partial charge < -0.3 is 11.5 Å². The summed E-state index contributed by atoms with van der Waals surface area (Å²) >= 11 is 6.00. The number of hydrogen-bond acceptors (Lipinski definition) is 2. The first kappa shape index (κ1) is 14.9. The van der Waals surface area contributed by atoms with Crippen LogP contribution < -0.4 is 11.5 Å². The quantitative estimate of drug-likeness (QED) is 0.839. The molecule has 0 heterocycles. The Balaban J connectivity index is 2.45. The van der Waals surface area contributed by atoms with Crippen LogP contribution in [-0.2, 0) is 6.18 Å². The average molecular weight is 303 g/mol. The third-order valence-corrected chi connectivity index (χ3v) is 3.49. The van der Waals surface area contributed by atoms with E-state index in [0.29, 0.717) is 11.1 Å². The van der Waals surface area contributed by atoms with Gasteiger partial charge in [0.15, 0.2) is 0 Å². The van der Waals surface area contributed by atoms with E-state index in [9.17, 15) is 13.2 Å². The molecule has 20 heavy (non-hydrogen) atoms. The summed E-state index contributed by atoms with van der Waals surface area (Å²) in [5.74, 6) is 0.159. The summed E-state index contributed by atoms with van der Waals surface area (Å²) in [5, 5.41) is 0.247. The third kappa shape index (κ3) is 3.35. The van der Waals surface area contributed by atoms with Gasteiger partial charge in [-0.2, -0.15) is 13.2 Å². The molecule has 4 N–H and O–H groups in total. The summed E-state index contributed by atoms with van der Waals surface area (Å²) in [5.41, 5.74) is 11.2. The Morgan fingerprint density at radius 1 is 1.35 bits per heavy atom. The van der Waals surface area contributed by atoms with E-state index in [1.165, 1.54) is 18.3 Å². The van der Waals surface area contributed by atoms with E-state index in [0.717, 1.165) is 18.6 Å². The molecule has 1 aliphatic carbocycles. The standard InChI is InChI=1S/C14H14ClF3N2/c15-12-2-1-10(14(16,17)18)7-11(12)8(3-4-19)5-9-6-13(9)20/h1-5,7,9,13H,6,19-20H2/b4-3-,8-5+. The lowest BCUT2D eigenvalue weighted by atomic mass is 10.0. The third-order valence-electron chi connectivity index (χ3n) is 3.17. The van der Waals surface area contributed by atoms with Crippen molar-refractivity contribution in [2.45, 2.75) is 18.6 Å². The molecule has 1 fully saturated rings. The molecule has 2 rings (SSSR count). The highest BCUT2D eigenvalue weighted by Gasteiger charge is 2.33. The van der Waals surface area contributed by atoms with E-state index in [2.05, 4.69) is 0 Å². The maximum Gasteiger partial charge on any atom is 0.416 e. The minimum Gasteiger partial charge on any atom is -0.405 e. The fraction of sp³-hybridized carbons (Fsp3) is 0.286. The molecule has 1 aromatic rings. The van der Waals surface area contributed by atoms with Gasteiger partial charge in [-0.1, -0.05) is 17.7 Å². The van der Waals surface area contributed by atoms with Crippen molar-refractivity contribution in [2.75, 3.05) is 0 Å². The van der Waals surface area contributed by atoms with Crippen molar-refractivity contribution in [3.05, 3.63) is 52.7 Å². The predicted octanol–water partition coefficient (Wildman–Crippen LogP) is 3.56. The smallest absolute Gasteiger partial charge is 0.405 e. The summed E-state index contributed by atoms with van der Waals surface area (Å²) < 4.78 is 38.3. The van der Waals surface area contributed by atoms with Crippen LogP contribution in [0.5, 0.6) is 0 Å². The van der Waals surface area contributed by atoms with Crippen LogP contribution in [0.15, 0.2) is 36.6 Å². The van der Waals surface area contributed by atoms with Crippen LogP contribution in [0, 0.1) is 5.92 Å². The van der Waals surface area contributed by atoms with Crippen LogP contribution in [0.1, 0.15) is 17.5 Å². The second-order valence-corrected chi connectivity index (χ2v) is 5.14. The van der Waals surface area contributed by atoms with Gasteiger partial charge >= 0.3 is 6.18 Å². The zero-order valence-electron chi connectivity index (χ0n) is 10.5.